The Balaban J connectivity index is 1.29. The summed E-state index contributed by atoms with van der Waals surface area (Å²) in [5.74, 6) is -0.380. The van der Waals surface area contributed by atoms with E-state index in [1.165, 1.54) is 38.6 Å². The van der Waals surface area contributed by atoms with Gasteiger partial charge in [-0.3, -0.25) is 9.88 Å². The predicted molar refractivity (Wildman–Crippen MR) is 157 cm³/mol. The number of fused-ring (bicyclic) bond motifs is 1. The smallest absolute Gasteiger partial charge is 0.339 e. The molecule has 0 saturated carbocycles. The van der Waals surface area contributed by atoms with Crippen molar-refractivity contribution in [1.29, 1.82) is 0 Å². The fourth-order valence-electron chi connectivity index (χ4n) is 5.53. The van der Waals surface area contributed by atoms with Gasteiger partial charge in [0.15, 0.2) is 6.23 Å². The zero-order chi connectivity index (χ0) is 27.3. The van der Waals surface area contributed by atoms with Crippen LogP contribution in [0.1, 0.15) is 65.6 Å². The molecule has 4 heterocycles. The van der Waals surface area contributed by atoms with Crippen molar-refractivity contribution < 1.29 is 14.3 Å². The molecule has 0 aliphatic carbocycles. The average molecular weight is 538 g/mol. The maximum absolute atomic E-state index is 12.3. The second-order valence-corrected chi connectivity index (χ2v) is 10.5. The van der Waals surface area contributed by atoms with Crippen molar-refractivity contribution >= 4 is 40.4 Å². The third-order valence-corrected chi connectivity index (χ3v) is 7.64. The van der Waals surface area contributed by atoms with Crippen LogP contribution in [-0.2, 0) is 16.0 Å². The van der Waals surface area contributed by atoms with Gasteiger partial charge in [0.2, 0.25) is 0 Å². The molecule has 8 nitrogen and oxygen atoms in total. The van der Waals surface area contributed by atoms with E-state index in [1.54, 1.807) is 6.07 Å². The first-order chi connectivity index (χ1) is 19.7. The van der Waals surface area contributed by atoms with E-state index in [0.717, 1.165) is 60.4 Å². The van der Waals surface area contributed by atoms with E-state index >= 15 is 0 Å². The SMILES string of the molecule is COC(=O)c1ccccc1Nc1ccc2c(/C=C/c3ccc(CN4CCCC4)cn3)nn(C3CCCCO3)c2c1. The van der Waals surface area contributed by atoms with Gasteiger partial charge in [-0.2, -0.15) is 5.10 Å². The number of carbonyl (C=O) groups excluding carboxylic acids is 1. The van der Waals surface area contributed by atoms with E-state index in [1.807, 2.05) is 47.3 Å². The second kappa shape index (κ2) is 12.0. The highest BCUT2D eigenvalue weighted by molar-refractivity contribution is 5.97. The number of nitrogens with zero attached hydrogens (tertiary/aromatic N) is 4. The van der Waals surface area contributed by atoms with Crippen LogP contribution < -0.4 is 5.32 Å². The highest BCUT2D eigenvalue weighted by atomic mass is 16.5. The minimum Gasteiger partial charge on any atom is -0.465 e. The molecule has 8 heteroatoms. The van der Waals surface area contributed by atoms with Crippen molar-refractivity contribution in [1.82, 2.24) is 19.7 Å². The molecule has 2 aromatic carbocycles. The van der Waals surface area contributed by atoms with Gasteiger partial charge >= 0.3 is 5.97 Å². The lowest BCUT2D eigenvalue weighted by Crippen LogP contribution is -2.19. The van der Waals surface area contributed by atoms with Gasteiger partial charge in [0, 0.05) is 30.4 Å². The van der Waals surface area contributed by atoms with Crippen molar-refractivity contribution in [2.75, 3.05) is 32.1 Å². The van der Waals surface area contributed by atoms with Crippen LogP contribution in [0.3, 0.4) is 0 Å². The number of methoxy groups -OCH3 is 1. The minimum atomic E-state index is -0.380. The molecule has 2 aliphatic heterocycles. The number of nitrogens with one attached hydrogen (secondary N) is 1. The number of benzene rings is 2. The molecule has 0 radical (unpaired) electrons. The standard InChI is InChI=1S/C32H35N5O3/c1-39-32(38)27-8-2-3-9-28(27)34-25-13-15-26-29(35-37(30(26)20-25)31-10-4-7-19-40-31)16-14-24-12-11-23(21-33-24)22-36-17-5-6-18-36/h2-3,8-9,11-16,20-21,31,34H,4-7,10,17-19,22H2,1H3/b16-14+. The minimum absolute atomic E-state index is 0.112. The molecule has 4 aromatic rings. The van der Waals surface area contributed by atoms with E-state index in [4.69, 9.17) is 14.6 Å². The Morgan fingerprint density at radius 3 is 2.73 bits per heavy atom. The molecule has 6 rings (SSSR count). The average Bonchev–Trinajstić information content (AvgIpc) is 3.65. The molecule has 1 atom stereocenters. The third kappa shape index (κ3) is 5.78. The van der Waals surface area contributed by atoms with Gasteiger partial charge in [-0.05, 0) is 99.3 Å². The fourth-order valence-corrected chi connectivity index (χ4v) is 5.53. The van der Waals surface area contributed by atoms with Gasteiger partial charge in [-0.1, -0.05) is 18.2 Å². The van der Waals surface area contributed by atoms with Crippen molar-refractivity contribution in [3.8, 4) is 0 Å². The monoisotopic (exact) mass is 537 g/mol. The molecule has 0 amide bonds. The lowest BCUT2D eigenvalue weighted by Gasteiger charge is -2.23. The van der Waals surface area contributed by atoms with Crippen LogP contribution >= 0.6 is 0 Å². The van der Waals surface area contributed by atoms with Gasteiger partial charge in [-0.25, -0.2) is 9.48 Å². The van der Waals surface area contributed by atoms with Crippen LogP contribution in [0, 0.1) is 0 Å². The second-order valence-electron chi connectivity index (χ2n) is 10.5. The summed E-state index contributed by atoms with van der Waals surface area (Å²) in [6.07, 6.45) is 11.6. The number of likely N-dealkylation sites (tertiary alicyclic amines) is 1. The van der Waals surface area contributed by atoms with Crippen molar-refractivity contribution in [3.05, 3.63) is 83.3 Å². The zero-order valence-electron chi connectivity index (χ0n) is 22.9. The number of hydrogen-bond donors (Lipinski definition) is 1. The molecule has 2 aromatic heterocycles. The van der Waals surface area contributed by atoms with Crippen molar-refractivity contribution in [2.45, 2.75) is 44.9 Å². The van der Waals surface area contributed by atoms with E-state index in [9.17, 15) is 4.79 Å². The highest BCUT2D eigenvalue weighted by Gasteiger charge is 2.21. The van der Waals surface area contributed by atoms with E-state index in [2.05, 4.69) is 39.5 Å². The van der Waals surface area contributed by atoms with Gasteiger partial charge < -0.3 is 14.8 Å². The maximum Gasteiger partial charge on any atom is 0.339 e. The lowest BCUT2D eigenvalue weighted by molar-refractivity contribution is -0.0367. The normalized spacial score (nSPS) is 18.0. The van der Waals surface area contributed by atoms with Crippen LogP contribution in [-0.4, -0.2) is 52.4 Å². The Labute approximate surface area is 234 Å². The molecule has 2 saturated heterocycles. The van der Waals surface area contributed by atoms with E-state index in [-0.39, 0.29) is 12.2 Å². The van der Waals surface area contributed by atoms with Crippen LogP contribution in [0.2, 0.25) is 0 Å². The van der Waals surface area contributed by atoms with E-state index in [0.29, 0.717) is 11.3 Å². The van der Waals surface area contributed by atoms with Crippen LogP contribution in [0.4, 0.5) is 11.4 Å². The van der Waals surface area contributed by atoms with Gasteiger partial charge in [0.05, 0.1) is 35.3 Å². The molecule has 1 N–H and O–H groups in total. The van der Waals surface area contributed by atoms with Crippen molar-refractivity contribution in [3.63, 3.8) is 0 Å². The summed E-state index contributed by atoms with van der Waals surface area (Å²) in [4.78, 5) is 19.4. The summed E-state index contributed by atoms with van der Waals surface area (Å²) in [5.41, 5.74) is 6.02. The quantitative estimate of drug-likeness (QED) is 0.260. The number of ether oxygens (including phenoxy) is 2. The molecular formula is C32H35N5O3. The Morgan fingerprint density at radius 2 is 1.95 bits per heavy atom. The summed E-state index contributed by atoms with van der Waals surface area (Å²) < 4.78 is 13.1. The number of carbonyl (C=O) groups is 1. The molecule has 206 valence electrons. The van der Waals surface area contributed by atoms with E-state index < -0.39 is 0 Å². The van der Waals surface area contributed by atoms with Crippen LogP contribution in [0.25, 0.3) is 23.1 Å². The number of aromatic nitrogens is 3. The highest BCUT2D eigenvalue weighted by Crippen LogP contribution is 2.32. The zero-order valence-corrected chi connectivity index (χ0v) is 22.9. The molecule has 0 spiro atoms. The van der Waals surface area contributed by atoms with Crippen LogP contribution in [0.15, 0.2) is 60.8 Å². The predicted octanol–water partition coefficient (Wildman–Crippen LogP) is 6.43. The van der Waals surface area contributed by atoms with Crippen molar-refractivity contribution in [2.24, 2.45) is 0 Å². The summed E-state index contributed by atoms with van der Waals surface area (Å²) in [6, 6.07) is 17.7. The number of rotatable bonds is 8. The lowest BCUT2D eigenvalue weighted by atomic mass is 10.1. The van der Waals surface area contributed by atoms with Crippen LogP contribution in [0.5, 0.6) is 0 Å². The first kappa shape index (κ1) is 26.2. The number of para-hydroxylation sites is 1. The van der Waals surface area contributed by atoms with Gasteiger partial charge in [0.25, 0.3) is 0 Å². The Kier molecular flexibility index (Phi) is 7.88. The Hall–Kier alpha value is -4.01. The molecule has 2 aliphatic rings. The summed E-state index contributed by atoms with van der Waals surface area (Å²) in [7, 11) is 1.39. The number of pyridine rings is 1. The summed E-state index contributed by atoms with van der Waals surface area (Å²) in [6.45, 7) is 4.05. The fraction of sp³-hybridized carbons (Fsp3) is 0.344. The number of hydrogen-bond acceptors (Lipinski definition) is 7. The number of esters is 1. The Bertz CT molecular complexity index is 1500. The Morgan fingerprint density at radius 1 is 1.07 bits per heavy atom. The molecule has 40 heavy (non-hydrogen) atoms. The largest absolute Gasteiger partial charge is 0.465 e. The molecular weight excluding hydrogens is 502 g/mol. The topological polar surface area (TPSA) is 81.5 Å². The maximum atomic E-state index is 12.3. The number of anilines is 2. The summed E-state index contributed by atoms with van der Waals surface area (Å²) in [5, 5.41) is 9.41. The first-order valence-corrected chi connectivity index (χ1v) is 14.1. The summed E-state index contributed by atoms with van der Waals surface area (Å²) >= 11 is 0. The molecule has 2 fully saturated rings. The third-order valence-electron chi connectivity index (χ3n) is 7.64. The van der Waals surface area contributed by atoms with Gasteiger partial charge in [0.1, 0.15) is 0 Å². The molecule has 0 bridgehead atoms. The first-order valence-electron chi connectivity index (χ1n) is 14.1. The van der Waals surface area contributed by atoms with Gasteiger partial charge in [-0.15, -0.1) is 0 Å². The molecule has 1 unspecified atom stereocenters.